The minimum atomic E-state index is -0.361. The number of aromatic nitrogens is 4. The highest BCUT2D eigenvalue weighted by Crippen LogP contribution is 2.30. The molecule has 0 bridgehead atoms. The lowest BCUT2D eigenvalue weighted by molar-refractivity contribution is 0.630. The number of benzene rings is 3. The summed E-state index contributed by atoms with van der Waals surface area (Å²) >= 11 is 6.00. The molecule has 0 radical (unpaired) electrons. The molecule has 170 valence electrons. The molecular formula is C28H19ClFN5. The average molecular weight is 480 g/mol. The number of rotatable bonds is 5. The molecule has 0 atom stereocenters. The van der Waals surface area contributed by atoms with E-state index in [1.54, 1.807) is 24.4 Å². The first-order valence-corrected chi connectivity index (χ1v) is 11.5. The van der Waals surface area contributed by atoms with Crippen LogP contribution in [-0.2, 0) is 6.54 Å². The second-order valence-corrected chi connectivity index (χ2v) is 8.62. The Morgan fingerprint density at radius 1 is 0.914 bits per heavy atom. The van der Waals surface area contributed by atoms with E-state index < -0.39 is 0 Å². The molecule has 6 rings (SSSR count). The summed E-state index contributed by atoms with van der Waals surface area (Å²) in [7, 11) is 0. The highest BCUT2D eigenvalue weighted by molar-refractivity contribution is 6.30. The minimum absolute atomic E-state index is 0.336. The number of hydrogen-bond donors (Lipinski definition) is 1. The highest BCUT2D eigenvalue weighted by atomic mass is 35.5. The number of pyridine rings is 1. The van der Waals surface area contributed by atoms with Gasteiger partial charge in [0.15, 0.2) is 5.82 Å². The zero-order valence-electron chi connectivity index (χ0n) is 18.5. The van der Waals surface area contributed by atoms with Crippen molar-refractivity contribution in [1.82, 2.24) is 19.5 Å². The molecule has 0 saturated heterocycles. The van der Waals surface area contributed by atoms with Crippen LogP contribution in [0.2, 0.25) is 5.02 Å². The van der Waals surface area contributed by atoms with Gasteiger partial charge in [0, 0.05) is 46.6 Å². The summed E-state index contributed by atoms with van der Waals surface area (Å²) in [6, 6.07) is 24.1. The van der Waals surface area contributed by atoms with Crippen LogP contribution < -0.4 is 5.32 Å². The summed E-state index contributed by atoms with van der Waals surface area (Å²) in [6.07, 6.45) is 5.51. The Morgan fingerprint density at radius 3 is 2.63 bits per heavy atom. The third-order valence-corrected chi connectivity index (χ3v) is 6.17. The van der Waals surface area contributed by atoms with Crippen molar-refractivity contribution >= 4 is 39.1 Å². The predicted molar refractivity (Wildman–Crippen MR) is 138 cm³/mol. The van der Waals surface area contributed by atoms with Gasteiger partial charge in [-0.25, -0.2) is 14.4 Å². The fourth-order valence-electron chi connectivity index (χ4n) is 4.14. The molecular weight excluding hydrogens is 461 g/mol. The Labute approximate surface area is 205 Å². The third-order valence-electron chi connectivity index (χ3n) is 5.92. The van der Waals surface area contributed by atoms with Crippen molar-refractivity contribution in [2.45, 2.75) is 6.54 Å². The van der Waals surface area contributed by atoms with Crippen molar-refractivity contribution in [3.8, 4) is 17.2 Å². The van der Waals surface area contributed by atoms with Crippen LogP contribution in [0.3, 0.4) is 0 Å². The van der Waals surface area contributed by atoms with Gasteiger partial charge in [-0.1, -0.05) is 35.9 Å². The molecule has 0 aliphatic carbocycles. The van der Waals surface area contributed by atoms with Gasteiger partial charge in [0.25, 0.3) is 0 Å². The molecule has 0 aliphatic heterocycles. The van der Waals surface area contributed by atoms with E-state index in [0.29, 0.717) is 28.8 Å². The molecule has 7 heteroatoms. The van der Waals surface area contributed by atoms with E-state index in [4.69, 9.17) is 21.6 Å². The first-order chi connectivity index (χ1) is 17.2. The van der Waals surface area contributed by atoms with Crippen LogP contribution in [0.15, 0.2) is 97.5 Å². The van der Waals surface area contributed by atoms with Crippen LogP contribution in [-0.4, -0.2) is 19.5 Å². The fourth-order valence-corrected chi connectivity index (χ4v) is 4.27. The van der Waals surface area contributed by atoms with Crippen LogP contribution in [0.25, 0.3) is 39.0 Å². The molecule has 0 saturated carbocycles. The maximum absolute atomic E-state index is 14.6. The van der Waals surface area contributed by atoms with Gasteiger partial charge >= 0.3 is 0 Å². The molecule has 35 heavy (non-hydrogen) atoms. The van der Waals surface area contributed by atoms with Crippen molar-refractivity contribution in [2.24, 2.45) is 0 Å². The van der Waals surface area contributed by atoms with Gasteiger partial charge in [-0.2, -0.15) is 0 Å². The number of nitrogens with one attached hydrogen (secondary N) is 1. The summed E-state index contributed by atoms with van der Waals surface area (Å²) in [6.45, 7) is 0.643. The van der Waals surface area contributed by atoms with E-state index in [0.717, 1.165) is 33.1 Å². The minimum Gasteiger partial charge on any atom is -0.381 e. The molecule has 5 nitrogen and oxygen atoms in total. The van der Waals surface area contributed by atoms with Gasteiger partial charge < -0.3 is 9.88 Å². The molecule has 0 fully saturated rings. The van der Waals surface area contributed by atoms with Crippen molar-refractivity contribution in [2.75, 3.05) is 5.32 Å². The lowest BCUT2D eigenvalue weighted by Crippen LogP contribution is -2.04. The fraction of sp³-hybridized carbons (Fsp3) is 0.0357. The Morgan fingerprint density at radius 2 is 1.77 bits per heavy atom. The number of anilines is 1. The van der Waals surface area contributed by atoms with Crippen molar-refractivity contribution in [3.05, 3.63) is 114 Å². The Balaban J connectivity index is 1.50. The van der Waals surface area contributed by atoms with Gasteiger partial charge in [0.05, 0.1) is 16.6 Å². The molecule has 6 aromatic rings. The first kappa shape index (κ1) is 21.3. The normalized spacial score (nSPS) is 11.3. The van der Waals surface area contributed by atoms with E-state index in [2.05, 4.69) is 10.3 Å². The third kappa shape index (κ3) is 4.09. The largest absolute Gasteiger partial charge is 0.381 e. The summed E-state index contributed by atoms with van der Waals surface area (Å²) in [5, 5.41) is 6.01. The molecule has 3 aromatic heterocycles. The van der Waals surface area contributed by atoms with E-state index in [-0.39, 0.29) is 5.82 Å². The zero-order valence-corrected chi connectivity index (χ0v) is 19.2. The maximum Gasteiger partial charge on any atom is 0.165 e. The van der Waals surface area contributed by atoms with Crippen molar-refractivity contribution in [1.29, 1.82) is 0 Å². The quantitative estimate of drug-likeness (QED) is 0.288. The maximum atomic E-state index is 14.6. The first-order valence-electron chi connectivity index (χ1n) is 11.1. The standard InChI is InChI=1S/C28H19ClFN5/c29-20-7-5-18(6-8-20)16-32-21-9-10-25-23(15-21)28(35-14-12-19-17-31-13-11-26(19)35)34-27(33-25)22-3-1-2-4-24(22)30/h1-15,17,32H,16H2. The average Bonchev–Trinajstić information content (AvgIpc) is 3.32. The number of hydrogen-bond acceptors (Lipinski definition) is 4. The van der Waals surface area contributed by atoms with Crippen LogP contribution in [0.1, 0.15) is 5.56 Å². The predicted octanol–water partition coefficient (Wildman–Crippen LogP) is 7.04. The second-order valence-electron chi connectivity index (χ2n) is 8.18. The Bertz CT molecular complexity index is 1680. The molecule has 1 N–H and O–H groups in total. The van der Waals surface area contributed by atoms with Gasteiger partial charge in [-0.15, -0.1) is 0 Å². The van der Waals surface area contributed by atoms with E-state index in [1.165, 1.54) is 6.07 Å². The Hall–Kier alpha value is -4.29. The molecule has 0 spiro atoms. The van der Waals surface area contributed by atoms with Crippen LogP contribution in [0.4, 0.5) is 10.1 Å². The molecule has 0 amide bonds. The summed E-state index contributed by atoms with van der Waals surface area (Å²) < 4.78 is 16.6. The monoisotopic (exact) mass is 479 g/mol. The van der Waals surface area contributed by atoms with E-state index in [1.807, 2.05) is 71.6 Å². The summed E-state index contributed by atoms with van der Waals surface area (Å²) in [5.41, 5.74) is 4.08. The van der Waals surface area contributed by atoms with Crippen LogP contribution >= 0.6 is 11.6 Å². The summed E-state index contributed by atoms with van der Waals surface area (Å²) in [5.74, 6) is 0.647. The SMILES string of the molecule is Fc1ccccc1-c1nc(-n2ccc3cnccc32)c2cc(NCc3ccc(Cl)cc3)ccc2n1. The van der Waals surface area contributed by atoms with Gasteiger partial charge in [-0.3, -0.25) is 4.98 Å². The number of nitrogens with zero attached hydrogens (tertiary/aromatic N) is 4. The van der Waals surface area contributed by atoms with Crippen molar-refractivity contribution in [3.63, 3.8) is 0 Å². The highest BCUT2D eigenvalue weighted by Gasteiger charge is 2.16. The topological polar surface area (TPSA) is 55.6 Å². The molecule has 3 heterocycles. The van der Waals surface area contributed by atoms with Crippen LogP contribution in [0, 0.1) is 5.82 Å². The zero-order chi connectivity index (χ0) is 23.8. The smallest absolute Gasteiger partial charge is 0.165 e. The number of fused-ring (bicyclic) bond motifs is 2. The second kappa shape index (κ2) is 8.81. The van der Waals surface area contributed by atoms with Crippen molar-refractivity contribution < 1.29 is 4.39 Å². The van der Waals surface area contributed by atoms with Gasteiger partial charge in [0.2, 0.25) is 0 Å². The van der Waals surface area contributed by atoms with Gasteiger partial charge in [0.1, 0.15) is 11.6 Å². The lowest BCUT2D eigenvalue weighted by atomic mass is 10.1. The van der Waals surface area contributed by atoms with E-state index in [9.17, 15) is 4.39 Å². The Kier molecular flexibility index (Phi) is 5.35. The molecule has 0 aliphatic rings. The number of halogens is 2. The lowest BCUT2D eigenvalue weighted by Gasteiger charge is -2.13. The summed E-state index contributed by atoms with van der Waals surface area (Å²) in [4.78, 5) is 13.8. The van der Waals surface area contributed by atoms with Crippen LogP contribution in [0.5, 0.6) is 0 Å². The van der Waals surface area contributed by atoms with E-state index >= 15 is 0 Å². The molecule has 3 aromatic carbocycles. The molecule has 0 unspecified atom stereocenters. The van der Waals surface area contributed by atoms with Gasteiger partial charge in [-0.05, 0) is 60.2 Å².